The lowest BCUT2D eigenvalue weighted by atomic mass is 9.85. The molecular weight excluding hydrogens is 300 g/mol. The van der Waals surface area contributed by atoms with Crippen LogP contribution in [0.3, 0.4) is 0 Å². The van der Waals surface area contributed by atoms with Crippen LogP contribution in [0.25, 0.3) is 5.65 Å². The molecule has 4 rings (SSSR count). The summed E-state index contributed by atoms with van der Waals surface area (Å²) in [7, 11) is -3.18. The van der Waals surface area contributed by atoms with Crippen molar-refractivity contribution in [2.45, 2.75) is 60.6 Å². The summed E-state index contributed by atoms with van der Waals surface area (Å²) in [6.07, 6.45) is 7.49. The van der Waals surface area contributed by atoms with Crippen LogP contribution < -0.4 is 5.73 Å². The van der Waals surface area contributed by atoms with E-state index < -0.39 is 9.84 Å². The second-order valence-electron chi connectivity index (χ2n) is 6.52. The number of hydrogen-bond donors (Lipinski definition) is 1. The van der Waals surface area contributed by atoms with Gasteiger partial charge in [0.2, 0.25) is 0 Å². The lowest BCUT2D eigenvalue weighted by Crippen LogP contribution is -2.27. The molecule has 7 heteroatoms. The molecule has 2 atom stereocenters. The average molecular weight is 320 g/mol. The van der Waals surface area contributed by atoms with Crippen LogP contribution in [0.5, 0.6) is 0 Å². The molecule has 2 aliphatic carbocycles. The topological polar surface area (TPSA) is 90.3 Å². The molecule has 22 heavy (non-hydrogen) atoms. The molecule has 2 aromatic rings. The van der Waals surface area contributed by atoms with Gasteiger partial charge in [-0.2, -0.15) is 0 Å². The van der Waals surface area contributed by atoms with E-state index in [4.69, 9.17) is 5.73 Å². The van der Waals surface area contributed by atoms with E-state index >= 15 is 0 Å². The Morgan fingerprint density at radius 1 is 1.18 bits per heavy atom. The van der Waals surface area contributed by atoms with Gasteiger partial charge in [-0.15, -0.1) is 10.2 Å². The Hall–Kier alpha value is -1.47. The van der Waals surface area contributed by atoms with Crippen molar-refractivity contribution in [3.63, 3.8) is 0 Å². The second kappa shape index (κ2) is 5.03. The SMILES string of the molecule is N[C@@H]1CCC[C@H](c2nnc3cc(S(=O)(=O)C4CC4)ccn23)C1. The first kappa shape index (κ1) is 14.1. The quantitative estimate of drug-likeness (QED) is 0.928. The predicted octanol–water partition coefficient (Wildman–Crippen LogP) is 1.65. The van der Waals surface area contributed by atoms with Gasteiger partial charge in [-0.1, -0.05) is 6.42 Å². The van der Waals surface area contributed by atoms with Gasteiger partial charge in [0, 0.05) is 24.2 Å². The highest BCUT2D eigenvalue weighted by molar-refractivity contribution is 7.92. The Morgan fingerprint density at radius 3 is 2.73 bits per heavy atom. The molecule has 0 aromatic carbocycles. The lowest BCUT2D eigenvalue weighted by molar-refractivity contribution is 0.380. The predicted molar refractivity (Wildman–Crippen MR) is 82.4 cm³/mol. The normalized spacial score (nSPS) is 26.4. The van der Waals surface area contributed by atoms with Gasteiger partial charge >= 0.3 is 0 Å². The van der Waals surface area contributed by atoms with E-state index in [0.717, 1.165) is 44.3 Å². The van der Waals surface area contributed by atoms with Crippen molar-refractivity contribution in [3.8, 4) is 0 Å². The van der Waals surface area contributed by atoms with E-state index in [1.807, 2.05) is 4.40 Å². The van der Waals surface area contributed by atoms with E-state index in [1.54, 1.807) is 18.3 Å². The van der Waals surface area contributed by atoms with Gasteiger partial charge < -0.3 is 5.73 Å². The number of sulfone groups is 1. The molecule has 2 aliphatic rings. The van der Waals surface area contributed by atoms with E-state index in [0.29, 0.717) is 16.5 Å². The van der Waals surface area contributed by atoms with Crippen LogP contribution in [0.4, 0.5) is 0 Å². The molecular formula is C15H20N4O2S. The van der Waals surface area contributed by atoms with Gasteiger partial charge in [0.1, 0.15) is 5.82 Å². The minimum Gasteiger partial charge on any atom is -0.328 e. The van der Waals surface area contributed by atoms with Crippen molar-refractivity contribution in [1.82, 2.24) is 14.6 Å². The molecule has 0 radical (unpaired) electrons. The minimum atomic E-state index is -3.18. The van der Waals surface area contributed by atoms with Crippen LogP contribution in [0.1, 0.15) is 50.3 Å². The van der Waals surface area contributed by atoms with Crippen LogP contribution in [0, 0.1) is 0 Å². The average Bonchev–Trinajstić information content (AvgIpc) is 3.27. The summed E-state index contributed by atoms with van der Waals surface area (Å²) < 4.78 is 26.5. The first-order valence-electron chi connectivity index (χ1n) is 7.90. The Morgan fingerprint density at radius 2 is 2.00 bits per heavy atom. The van der Waals surface area contributed by atoms with Crippen molar-refractivity contribution >= 4 is 15.5 Å². The lowest BCUT2D eigenvalue weighted by Gasteiger charge is -2.25. The van der Waals surface area contributed by atoms with Gasteiger partial charge in [0.15, 0.2) is 15.5 Å². The van der Waals surface area contributed by atoms with E-state index in [2.05, 4.69) is 10.2 Å². The van der Waals surface area contributed by atoms with Crippen molar-refractivity contribution in [2.75, 3.05) is 0 Å². The molecule has 0 unspecified atom stereocenters. The van der Waals surface area contributed by atoms with Gasteiger partial charge in [-0.25, -0.2) is 8.42 Å². The third kappa shape index (κ3) is 2.32. The highest BCUT2D eigenvalue weighted by Crippen LogP contribution is 2.35. The number of nitrogens with two attached hydrogens (primary N) is 1. The molecule has 0 amide bonds. The summed E-state index contributed by atoms with van der Waals surface area (Å²) in [6, 6.07) is 3.55. The molecule has 0 spiro atoms. The highest BCUT2D eigenvalue weighted by atomic mass is 32.2. The van der Waals surface area contributed by atoms with Crippen molar-refractivity contribution in [1.29, 1.82) is 0 Å². The summed E-state index contributed by atoms with van der Waals surface area (Å²) in [5.74, 6) is 1.21. The zero-order chi connectivity index (χ0) is 15.3. The molecule has 0 bridgehead atoms. The van der Waals surface area contributed by atoms with Crippen molar-refractivity contribution in [3.05, 3.63) is 24.2 Å². The Labute approximate surface area is 129 Å². The first-order chi connectivity index (χ1) is 10.6. The number of rotatable bonds is 3. The summed E-state index contributed by atoms with van der Waals surface area (Å²) in [6.45, 7) is 0. The number of nitrogens with zero attached hydrogens (tertiary/aromatic N) is 3. The maximum absolute atomic E-state index is 12.3. The number of pyridine rings is 1. The van der Waals surface area contributed by atoms with Crippen molar-refractivity contribution in [2.24, 2.45) is 5.73 Å². The van der Waals surface area contributed by atoms with Crippen LogP contribution in [-0.2, 0) is 9.84 Å². The van der Waals surface area contributed by atoms with Crippen LogP contribution in [0.15, 0.2) is 23.2 Å². The van der Waals surface area contributed by atoms with Crippen molar-refractivity contribution < 1.29 is 8.42 Å². The van der Waals surface area contributed by atoms with E-state index in [9.17, 15) is 8.42 Å². The van der Waals surface area contributed by atoms with E-state index in [-0.39, 0.29) is 11.3 Å². The van der Waals surface area contributed by atoms with Gasteiger partial charge in [0.05, 0.1) is 10.1 Å². The number of aromatic nitrogens is 3. The summed E-state index contributed by atoms with van der Waals surface area (Å²) >= 11 is 0. The fourth-order valence-corrected chi connectivity index (χ4v) is 5.04. The zero-order valence-corrected chi connectivity index (χ0v) is 13.2. The second-order valence-corrected chi connectivity index (χ2v) is 8.74. The molecule has 0 aliphatic heterocycles. The van der Waals surface area contributed by atoms with Gasteiger partial charge in [-0.05, 0) is 38.2 Å². The molecule has 2 saturated carbocycles. The van der Waals surface area contributed by atoms with Gasteiger partial charge in [-0.3, -0.25) is 4.40 Å². The smallest absolute Gasteiger partial charge is 0.181 e. The first-order valence-corrected chi connectivity index (χ1v) is 9.44. The molecule has 118 valence electrons. The fraction of sp³-hybridized carbons (Fsp3) is 0.600. The van der Waals surface area contributed by atoms with Crippen LogP contribution in [-0.4, -0.2) is 34.3 Å². The largest absolute Gasteiger partial charge is 0.328 e. The highest BCUT2D eigenvalue weighted by Gasteiger charge is 2.37. The number of hydrogen-bond acceptors (Lipinski definition) is 5. The Bertz CT molecular complexity index is 810. The molecule has 0 saturated heterocycles. The van der Waals surface area contributed by atoms with Gasteiger partial charge in [0.25, 0.3) is 0 Å². The third-order valence-corrected chi connectivity index (χ3v) is 7.04. The standard InChI is InChI=1S/C15H20N4O2S/c16-11-3-1-2-10(8-11)15-18-17-14-9-13(6-7-19(14)15)22(20,21)12-4-5-12/h6-7,9-12H,1-5,8,16H2/t10-,11+/m0/s1. The summed E-state index contributed by atoms with van der Waals surface area (Å²) in [5.41, 5.74) is 6.67. The fourth-order valence-electron chi connectivity index (χ4n) is 3.38. The molecule has 2 N–H and O–H groups in total. The van der Waals surface area contributed by atoms with Crippen LogP contribution >= 0.6 is 0 Å². The Balaban J connectivity index is 1.71. The summed E-state index contributed by atoms with van der Waals surface area (Å²) in [5, 5.41) is 8.28. The molecule has 2 aromatic heterocycles. The monoisotopic (exact) mass is 320 g/mol. The maximum atomic E-state index is 12.3. The molecule has 2 fully saturated rings. The Kier molecular flexibility index (Phi) is 3.23. The van der Waals surface area contributed by atoms with E-state index in [1.165, 1.54) is 0 Å². The van der Waals surface area contributed by atoms with Crippen LogP contribution in [0.2, 0.25) is 0 Å². The summed E-state index contributed by atoms with van der Waals surface area (Å²) in [4.78, 5) is 0.363. The molecule has 2 heterocycles. The third-order valence-electron chi connectivity index (χ3n) is 4.78. The molecule has 6 nitrogen and oxygen atoms in total. The number of fused-ring (bicyclic) bond motifs is 1. The maximum Gasteiger partial charge on any atom is 0.181 e. The minimum absolute atomic E-state index is 0.200. The zero-order valence-electron chi connectivity index (χ0n) is 12.4.